The Bertz CT molecular complexity index is 1380. The van der Waals surface area contributed by atoms with E-state index in [9.17, 15) is 24.6 Å². The van der Waals surface area contributed by atoms with Gasteiger partial charge in [0.05, 0.1) is 5.56 Å². The van der Waals surface area contributed by atoms with Crippen LogP contribution in [0.3, 0.4) is 0 Å². The van der Waals surface area contributed by atoms with Gasteiger partial charge in [0.1, 0.15) is 6.04 Å². The number of aliphatic carboxylic acids is 1. The highest BCUT2D eigenvalue weighted by molar-refractivity contribution is 5.88. The van der Waals surface area contributed by atoms with Gasteiger partial charge >= 0.3 is 18.0 Å². The first-order valence-corrected chi connectivity index (χ1v) is 16.9. The lowest BCUT2D eigenvalue weighted by atomic mass is 9.33. The summed E-state index contributed by atoms with van der Waals surface area (Å²) in [5.74, 6) is 0.231. The molecule has 5 aliphatic rings. The second-order valence-electron chi connectivity index (χ2n) is 16.4. The highest BCUT2D eigenvalue weighted by Crippen LogP contribution is 2.76. The van der Waals surface area contributed by atoms with E-state index in [0.29, 0.717) is 29.2 Å². The molecule has 0 aromatic heterocycles. The number of aromatic carboxylic acids is 1. The third-order valence-corrected chi connectivity index (χ3v) is 14.5. The molecule has 0 radical (unpaired) electrons. The van der Waals surface area contributed by atoms with Crippen molar-refractivity contribution in [1.82, 2.24) is 10.6 Å². The maximum absolute atomic E-state index is 13.0. The Morgan fingerprint density at radius 1 is 0.818 bits per heavy atom. The van der Waals surface area contributed by atoms with Crippen molar-refractivity contribution in [1.29, 1.82) is 0 Å². The van der Waals surface area contributed by atoms with E-state index in [2.05, 4.69) is 51.3 Å². The number of hydrogen-bond donors (Lipinski definition) is 4. The molecule has 0 aliphatic heterocycles. The number of nitrogens with one attached hydrogen (secondary N) is 2. The van der Waals surface area contributed by atoms with Crippen LogP contribution in [-0.2, 0) is 4.79 Å². The van der Waals surface area contributed by atoms with Crippen LogP contribution in [0.2, 0.25) is 0 Å². The van der Waals surface area contributed by atoms with Gasteiger partial charge in [0.15, 0.2) is 0 Å². The van der Waals surface area contributed by atoms with Crippen LogP contribution < -0.4 is 10.6 Å². The van der Waals surface area contributed by atoms with Gasteiger partial charge in [-0.1, -0.05) is 59.2 Å². The van der Waals surface area contributed by atoms with Crippen LogP contribution in [0, 0.1) is 45.3 Å². The number of urea groups is 1. The highest BCUT2D eigenvalue weighted by Gasteiger charge is 2.69. The van der Waals surface area contributed by atoms with Crippen molar-refractivity contribution in [3.8, 4) is 0 Å². The summed E-state index contributed by atoms with van der Waals surface area (Å²) in [5, 5.41) is 24.7. The molecule has 0 bridgehead atoms. The van der Waals surface area contributed by atoms with E-state index >= 15 is 0 Å². The maximum Gasteiger partial charge on any atom is 0.335 e. The van der Waals surface area contributed by atoms with E-state index in [0.717, 1.165) is 44.1 Å². The van der Waals surface area contributed by atoms with Crippen LogP contribution in [-0.4, -0.2) is 39.8 Å². The molecule has 2 amide bonds. The number of fused-ring (bicyclic) bond motifs is 7. The summed E-state index contributed by atoms with van der Waals surface area (Å²) in [4.78, 5) is 35.9. The van der Waals surface area contributed by atoms with Gasteiger partial charge in [0.2, 0.25) is 0 Å². The molecule has 4 fully saturated rings. The number of benzene rings is 1. The Hall–Kier alpha value is -2.83. The van der Waals surface area contributed by atoms with Gasteiger partial charge in [-0.15, -0.1) is 0 Å². The minimum absolute atomic E-state index is 0.0195. The summed E-state index contributed by atoms with van der Waals surface area (Å²) in [6, 6.07) is 6.20. The number of carbonyl (C=O) groups is 3. The molecule has 4 saturated carbocycles. The van der Waals surface area contributed by atoms with Crippen LogP contribution in [0.4, 0.5) is 4.79 Å². The van der Waals surface area contributed by atoms with Gasteiger partial charge in [0.25, 0.3) is 0 Å². The molecule has 7 nitrogen and oxygen atoms in total. The van der Waals surface area contributed by atoms with E-state index in [1.807, 2.05) is 12.1 Å². The Morgan fingerprint density at radius 2 is 1.52 bits per heavy atom. The summed E-state index contributed by atoms with van der Waals surface area (Å²) in [6.45, 7) is 14.1. The lowest BCUT2D eigenvalue weighted by Crippen LogP contribution is -2.68. The second-order valence-corrected chi connectivity index (χ2v) is 16.4. The SMILES string of the molecule is CC(NC(=O)NC12CCCC1C1CCC3C4(C)CC=C(c5ccc(C(=O)O)cc5)C(C)(C)C4CCC3(C)[C@]1(C)CC2)C(=O)O. The summed E-state index contributed by atoms with van der Waals surface area (Å²) < 4.78 is 0. The Labute approximate surface area is 262 Å². The number of carboxylic acid groups (broad SMARTS) is 2. The minimum Gasteiger partial charge on any atom is -0.480 e. The van der Waals surface area contributed by atoms with Crippen molar-refractivity contribution in [2.45, 2.75) is 117 Å². The van der Waals surface area contributed by atoms with Crippen LogP contribution in [0.25, 0.3) is 5.57 Å². The van der Waals surface area contributed by atoms with Crippen LogP contribution in [0.1, 0.15) is 122 Å². The molecule has 8 unspecified atom stereocenters. The highest BCUT2D eigenvalue weighted by atomic mass is 16.4. The lowest BCUT2D eigenvalue weighted by molar-refractivity contribution is -0.216. The quantitative estimate of drug-likeness (QED) is 0.274. The first kappa shape index (κ1) is 31.2. The van der Waals surface area contributed by atoms with Crippen molar-refractivity contribution >= 4 is 23.5 Å². The fourth-order valence-electron chi connectivity index (χ4n) is 12.2. The molecule has 4 N–H and O–H groups in total. The lowest BCUT2D eigenvalue weighted by Gasteiger charge is -2.72. The van der Waals surface area contributed by atoms with Gasteiger partial charge in [-0.05, 0) is 133 Å². The van der Waals surface area contributed by atoms with E-state index in [1.165, 1.54) is 38.2 Å². The molecule has 0 spiro atoms. The molecule has 7 heteroatoms. The van der Waals surface area contributed by atoms with Gasteiger partial charge in [-0.2, -0.15) is 0 Å². The topological polar surface area (TPSA) is 116 Å². The zero-order valence-electron chi connectivity index (χ0n) is 27.5. The smallest absolute Gasteiger partial charge is 0.335 e. The Morgan fingerprint density at radius 3 is 2.18 bits per heavy atom. The normalized spacial score (nSPS) is 41.1. The van der Waals surface area contributed by atoms with Crippen molar-refractivity contribution in [3.63, 3.8) is 0 Å². The van der Waals surface area contributed by atoms with Crippen molar-refractivity contribution in [2.24, 2.45) is 45.3 Å². The number of carboxylic acids is 2. The first-order valence-electron chi connectivity index (χ1n) is 16.9. The number of hydrogen-bond acceptors (Lipinski definition) is 3. The molecule has 0 saturated heterocycles. The predicted octanol–water partition coefficient (Wildman–Crippen LogP) is 7.76. The maximum atomic E-state index is 13.0. The zero-order chi connectivity index (χ0) is 31.9. The third-order valence-electron chi connectivity index (χ3n) is 14.5. The fraction of sp³-hybridized carbons (Fsp3) is 0.703. The molecule has 5 aliphatic carbocycles. The average molecular weight is 605 g/mol. The largest absolute Gasteiger partial charge is 0.480 e. The monoisotopic (exact) mass is 604 g/mol. The average Bonchev–Trinajstić information content (AvgIpc) is 3.36. The third kappa shape index (κ3) is 4.38. The molecule has 44 heavy (non-hydrogen) atoms. The number of rotatable bonds is 5. The molecule has 240 valence electrons. The molecule has 1 aromatic rings. The minimum atomic E-state index is -1.02. The molecule has 6 rings (SSSR count). The number of allylic oxidation sites excluding steroid dienone is 2. The number of carbonyl (C=O) groups excluding carboxylic acids is 1. The van der Waals surface area contributed by atoms with E-state index in [4.69, 9.17) is 0 Å². The molecular formula is C37H52N2O5. The van der Waals surface area contributed by atoms with E-state index < -0.39 is 18.0 Å². The molecule has 1 aromatic carbocycles. The van der Waals surface area contributed by atoms with Crippen molar-refractivity contribution in [3.05, 3.63) is 41.5 Å². The predicted molar refractivity (Wildman–Crippen MR) is 171 cm³/mol. The van der Waals surface area contributed by atoms with E-state index in [-0.39, 0.29) is 33.2 Å². The Kier molecular flexibility index (Phi) is 7.33. The first-order chi connectivity index (χ1) is 20.6. The fourth-order valence-corrected chi connectivity index (χ4v) is 12.2. The molecule has 0 heterocycles. The van der Waals surface area contributed by atoms with Crippen LogP contribution >= 0.6 is 0 Å². The second kappa shape index (κ2) is 10.3. The summed E-state index contributed by atoms with van der Waals surface area (Å²) >= 11 is 0. The standard InChI is InChI=1S/C37H52N2O5/c1-22(30(40)41)38-32(44)39-37-17-7-8-27(37)26-13-14-29-34(4)18-15-25(23-9-11-24(12-10-23)31(42)43)33(2,3)28(34)16-19-36(29,6)35(26,5)20-21-37/h9-12,15,22,26-29H,7-8,13-14,16-21H2,1-6H3,(H,40,41)(H,42,43)(H2,38,39,44)/t22?,26?,27?,28?,29?,34?,35-,36?,37?/m1/s1. The summed E-state index contributed by atoms with van der Waals surface area (Å²) in [6.07, 6.45) is 13.6. The summed E-state index contributed by atoms with van der Waals surface area (Å²) in [5.41, 5.74) is 3.16. The van der Waals surface area contributed by atoms with Gasteiger partial charge in [-0.3, -0.25) is 4.79 Å². The van der Waals surface area contributed by atoms with Crippen molar-refractivity contribution in [2.75, 3.05) is 0 Å². The van der Waals surface area contributed by atoms with Gasteiger partial charge in [-0.25, -0.2) is 9.59 Å². The van der Waals surface area contributed by atoms with Crippen molar-refractivity contribution < 1.29 is 24.6 Å². The van der Waals surface area contributed by atoms with Crippen LogP contribution in [0.5, 0.6) is 0 Å². The summed E-state index contributed by atoms with van der Waals surface area (Å²) in [7, 11) is 0. The van der Waals surface area contributed by atoms with Gasteiger partial charge < -0.3 is 20.8 Å². The zero-order valence-corrected chi connectivity index (χ0v) is 27.5. The number of amides is 2. The molecule has 9 atom stereocenters. The van der Waals surface area contributed by atoms with Crippen LogP contribution in [0.15, 0.2) is 30.3 Å². The molecular weight excluding hydrogens is 552 g/mol. The van der Waals surface area contributed by atoms with E-state index in [1.54, 1.807) is 12.1 Å². The Balaban J connectivity index is 1.27. The van der Waals surface area contributed by atoms with Gasteiger partial charge in [0, 0.05) is 5.54 Å².